The van der Waals surface area contributed by atoms with Crippen molar-refractivity contribution in [3.63, 3.8) is 0 Å². The van der Waals surface area contributed by atoms with Gasteiger partial charge in [-0.05, 0) is 31.0 Å². The van der Waals surface area contributed by atoms with Crippen molar-refractivity contribution in [3.05, 3.63) is 47.3 Å². The summed E-state index contributed by atoms with van der Waals surface area (Å²) < 4.78 is 4.88. The van der Waals surface area contributed by atoms with Crippen LogP contribution in [0.15, 0.2) is 34.9 Å². The summed E-state index contributed by atoms with van der Waals surface area (Å²) in [7, 11) is 0. The van der Waals surface area contributed by atoms with Gasteiger partial charge < -0.3 is 9.84 Å². The molecule has 0 atom stereocenters. The van der Waals surface area contributed by atoms with Crippen LogP contribution in [0.25, 0.3) is 0 Å². The van der Waals surface area contributed by atoms with E-state index in [1.165, 1.54) is 0 Å². The molecule has 0 unspecified atom stereocenters. The maximum absolute atomic E-state index is 11.8. The third-order valence-corrected chi connectivity index (χ3v) is 2.64. The summed E-state index contributed by atoms with van der Waals surface area (Å²) >= 11 is 5.65. The number of nitrogens with one attached hydrogen (secondary N) is 1. The Bertz CT molecular complexity index is 534. The monoisotopic (exact) mass is 264 g/mol. The van der Waals surface area contributed by atoms with Gasteiger partial charge in [-0.15, -0.1) is 11.6 Å². The van der Waals surface area contributed by atoms with E-state index in [-0.39, 0.29) is 11.7 Å². The summed E-state index contributed by atoms with van der Waals surface area (Å²) in [6.45, 7) is 1.77. The predicted octanol–water partition coefficient (Wildman–Crippen LogP) is 3.02. The predicted molar refractivity (Wildman–Crippen MR) is 70.1 cm³/mol. The molecule has 0 fully saturated rings. The highest BCUT2D eigenvalue weighted by atomic mass is 35.5. The lowest BCUT2D eigenvalue weighted by Crippen LogP contribution is -2.10. The lowest BCUT2D eigenvalue weighted by molar-refractivity contribution is 0.0988. The van der Waals surface area contributed by atoms with E-state index in [4.69, 9.17) is 16.1 Å². The Morgan fingerprint density at radius 1 is 1.39 bits per heavy atom. The van der Waals surface area contributed by atoms with Gasteiger partial charge in [0.05, 0.1) is 5.69 Å². The highest BCUT2D eigenvalue weighted by molar-refractivity contribution is 6.18. The molecule has 0 aliphatic heterocycles. The number of hydrogen-bond donors (Lipinski definition) is 1. The van der Waals surface area contributed by atoms with Crippen LogP contribution in [0.2, 0.25) is 0 Å². The van der Waals surface area contributed by atoms with Gasteiger partial charge in [-0.1, -0.05) is 17.3 Å². The maximum Gasteiger partial charge on any atom is 0.294 e. The van der Waals surface area contributed by atoms with Crippen molar-refractivity contribution in [3.8, 4) is 0 Å². The second kappa shape index (κ2) is 5.69. The van der Waals surface area contributed by atoms with Gasteiger partial charge >= 0.3 is 0 Å². The average Bonchev–Trinajstić information content (AvgIpc) is 2.79. The fourth-order valence-corrected chi connectivity index (χ4v) is 1.75. The normalized spacial score (nSPS) is 10.3. The van der Waals surface area contributed by atoms with Gasteiger partial charge in [-0.2, -0.15) is 0 Å². The quantitative estimate of drug-likeness (QED) is 0.864. The van der Waals surface area contributed by atoms with Crippen molar-refractivity contribution in [1.29, 1.82) is 0 Å². The molecule has 0 aliphatic rings. The number of carbonyl (C=O) groups is 1. The van der Waals surface area contributed by atoms with E-state index in [0.717, 1.165) is 12.0 Å². The molecule has 0 saturated carbocycles. The lowest BCUT2D eigenvalue weighted by Gasteiger charge is -2.03. The molecule has 1 N–H and O–H groups in total. The minimum absolute atomic E-state index is 0.206. The molecule has 2 rings (SSSR count). The van der Waals surface area contributed by atoms with Gasteiger partial charge in [0.25, 0.3) is 5.91 Å². The molecule has 2 aromatic rings. The van der Waals surface area contributed by atoms with Crippen molar-refractivity contribution >= 4 is 23.2 Å². The molecule has 94 valence electrons. The molecule has 1 amide bonds. The van der Waals surface area contributed by atoms with Crippen molar-refractivity contribution in [2.24, 2.45) is 0 Å². The number of nitrogens with zero attached hydrogens (tertiary/aromatic N) is 1. The van der Waals surface area contributed by atoms with Gasteiger partial charge in [0, 0.05) is 17.6 Å². The van der Waals surface area contributed by atoms with Gasteiger partial charge in [-0.25, -0.2) is 0 Å². The number of aryl methyl sites for hydroxylation is 2. The van der Waals surface area contributed by atoms with Crippen LogP contribution in [0.5, 0.6) is 0 Å². The highest BCUT2D eigenvalue weighted by Gasteiger charge is 2.11. The molecule has 18 heavy (non-hydrogen) atoms. The van der Waals surface area contributed by atoms with Crippen LogP contribution in [0.1, 0.15) is 21.8 Å². The Morgan fingerprint density at radius 2 is 2.11 bits per heavy atom. The van der Waals surface area contributed by atoms with E-state index in [1.807, 2.05) is 24.3 Å². The topological polar surface area (TPSA) is 55.1 Å². The number of rotatable bonds is 4. The van der Waals surface area contributed by atoms with Gasteiger partial charge in [-0.3, -0.25) is 4.79 Å². The van der Waals surface area contributed by atoms with Crippen molar-refractivity contribution in [1.82, 2.24) is 5.16 Å². The summed E-state index contributed by atoms with van der Waals surface area (Å²) in [6.07, 6.45) is 0.817. The van der Waals surface area contributed by atoms with Crippen LogP contribution in [0.4, 0.5) is 5.69 Å². The van der Waals surface area contributed by atoms with Gasteiger partial charge in [0.2, 0.25) is 5.76 Å². The standard InChI is InChI=1S/C13H13ClN2O2/c1-9-8-12(18-16-9)13(17)15-11-4-2-10(3-5-11)6-7-14/h2-5,8H,6-7H2,1H3,(H,15,17). The summed E-state index contributed by atoms with van der Waals surface area (Å²) in [5, 5.41) is 6.40. The van der Waals surface area contributed by atoms with E-state index in [9.17, 15) is 4.79 Å². The molecular weight excluding hydrogens is 252 g/mol. The first-order chi connectivity index (χ1) is 8.69. The molecule has 1 aromatic heterocycles. The Balaban J connectivity index is 2.03. The molecule has 0 saturated heterocycles. The van der Waals surface area contributed by atoms with E-state index in [1.54, 1.807) is 13.0 Å². The van der Waals surface area contributed by atoms with E-state index in [2.05, 4.69) is 10.5 Å². The van der Waals surface area contributed by atoms with E-state index >= 15 is 0 Å². The van der Waals surface area contributed by atoms with E-state index < -0.39 is 0 Å². The SMILES string of the molecule is Cc1cc(C(=O)Nc2ccc(CCCl)cc2)on1. The van der Waals surface area contributed by atoms with Crippen LogP contribution < -0.4 is 5.32 Å². The fourth-order valence-electron chi connectivity index (χ4n) is 1.53. The number of anilines is 1. The van der Waals surface area contributed by atoms with Crippen LogP contribution >= 0.6 is 11.6 Å². The third kappa shape index (κ3) is 3.11. The number of hydrogen-bond acceptors (Lipinski definition) is 3. The Hall–Kier alpha value is -1.81. The van der Waals surface area contributed by atoms with Crippen molar-refractivity contribution < 1.29 is 9.32 Å². The molecule has 0 spiro atoms. The Morgan fingerprint density at radius 3 is 2.67 bits per heavy atom. The number of carbonyl (C=O) groups excluding carboxylic acids is 1. The number of benzene rings is 1. The summed E-state index contributed by atoms with van der Waals surface area (Å²) in [4.78, 5) is 11.8. The molecule has 0 aliphatic carbocycles. The molecule has 1 aromatic carbocycles. The molecule has 5 heteroatoms. The zero-order valence-corrected chi connectivity index (χ0v) is 10.7. The summed E-state index contributed by atoms with van der Waals surface area (Å²) in [5.41, 5.74) is 2.53. The number of halogens is 1. The fraction of sp³-hybridized carbons (Fsp3) is 0.231. The van der Waals surface area contributed by atoms with Gasteiger partial charge in [0.1, 0.15) is 0 Å². The van der Waals surface area contributed by atoms with Gasteiger partial charge in [0.15, 0.2) is 0 Å². The molecule has 0 radical (unpaired) electrons. The van der Waals surface area contributed by atoms with Crippen molar-refractivity contribution in [2.45, 2.75) is 13.3 Å². The largest absolute Gasteiger partial charge is 0.351 e. The second-order valence-corrected chi connectivity index (χ2v) is 4.30. The lowest BCUT2D eigenvalue weighted by atomic mass is 10.1. The second-order valence-electron chi connectivity index (χ2n) is 3.92. The van der Waals surface area contributed by atoms with Crippen LogP contribution in [0, 0.1) is 6.92 Å². The first-order valence-electron chi connectivity index (χ1n) is 5.58. The Kier molecular flexibility index (Phi) is 3.99. The van der Waals surface area contributed by atoms with Crippen LogP contribution in [-0.2, 0) is 6.42 Å². The first kappa shape index (κ1) is 12.6. The molecule has 0 bridgehead atoms. The van der Waals surface area contributed by atoms with Crippen LogP contribution in [0.3, 0.4) is 0 Å². The minimum atomic E-state index is -0.305. The first-order valence-corrected chi connectivity index (χ1v) is 6.12. The molecular formula is C13H13ClN2O2. The number of aromatic nitrogens is 1. The third-order valence-electron chi connectivity index (χ3n) is 2.45. The highest BCUT2D eigenvalue weighted by Crippen LogP contribution is 2.12. The average molecular weight is 265 g/mol. The summed E-state index contributed by atoms with van der Waals surface area (Å²) in [6, 6.07) is 9.14. The van der Waals surface area contributed by atoms with Crippen LogP contribution in [-0.4, -0.2) is 16.9 Å². The minimum Gasteiger partial charge on any atom is -0.351 e. The summed E-state index contributed by atoms with van der Waals surface area (Å²) in [5.74, 6) is 0.487. The zero-order valence-electron chi connectivity index (χ0n) is 9.94. The number of alkyl halides is 1. The number of amides is 1. The van der Waals surface area contributed by atoms with E-state index in [0.29, 0.717) is 17.3 Å². The zero-order chi connectivity index (χ0) is 13.0. The maximum atomic E-state index is 11.8. The molecule has 1 heterocycles. The van der Waals surface area contributed by atoms with Crippen molar-refractivity contribution in [2.75, 3.05) is 11.2 Å². The smallest absolute Gasteiger partial charge is 0.294 e. The molecule has 4 nitrogen and oxygen atoms in total. The Labute approximate surface area is 110 Å².